The molecule has 144 valence electrons. The normalized spacial score (nSPS) is 15.0. The third-order valence-electron chi connectivity index (χ3n) is 4.48. The predicted octanol–water partition coefficient (Wildman–Crippen LogP) is 2.23. The van der Waals surface area contributed by atoms with Gasteiger partial charge in [0.2, 0.25) is 5.91 Å². The number of aryl methyl sites for hydroxylation is 1. The Hall–Kier alpha value is -2.65. The Bertz CT molecular complexity index is 832. The van der Waals surface area contributed by atoms with Gasteiger partial charge in [-0.3, -0.25) is 19.6 Å². The first kappa shape index (κ1) is 19.1. The van der Waals surface area contributed by atoms with Crippen molar-refractivity contribution in [3.63, 3.8) is 0 Å². The Kier molecular flexibility index (Phi) is 5.92. The summed E-state index contributed by atoms with van der Waals surface area (Å²) in [5.41, 5.74) is 1.52. The van der Waals surface area contributed by atoms with Crippen molar-refractivity contribution in [1.29, 1.82) is 0 Å². The fourth-order valence-electron chi connectivity index (χ4n) is 2.93. The molecule has 0 radical (unpaired) electrons. The highest BCUT2D eigenvalue weighted by Gasteiger charge is 2.18. The second-order valence-corrected chi connectivity index (χ2v) is 6.91. The van der Waals surface area contributed by atoms with Crippen molar-refractivity contribution in [3.05, 3.63) is 45.7 Å². The van der Waals surface area contributed by atoms with Gasteiger partial charge in [0, 0.05) is 44.2 Å². The number of halogens is 1. The third kappa shape index (κ3) is 4.95. The number of amides is 1. The van der Waals surface area contributed by atoms with E-state index < -0.39 is 4.92 Å². The number of nitrogens with zero attached hydrogens (tertiary/aromatic N) is 5. The second kappa shape index (κ2) is 8.36. The molecule has 0 bridgehead atoms. The summed E-state index contributed by atoms with van der Waals surface area (Å²) >= 11 is 6.11. The van der Waals surface area contributed by atoms with Crippen molar-refractivity contribution < 1.29 is 9.72 Å². The highest BCUT2D eigenvalue weighted by molar-refractivity contribution is 6.31. The third-order valence-corrected chi connectivity index (χ3v) is 4.71. The molecule has 3 rings (SSSR count). The minimum absolute atomic E-state index is 0.0948. The summed E-state index contributed by atoms with van der Waals surface area (Å²) in [5.74, 6) is -0.203. The standard InChI is InChI=1S/C17H21ClN6O3/c1-21-6-8-22(9-7-21)16-3-2-13(18)10-15(16)20-17(25)4-5-23-12-14(11-19-23)24(26)27/h2-3,10-12H,4-9H2,1H3,(H,20,25). The SMILES string of the molecule is CN1CCN(c2ccc(Cl)cc2NC(=O)CCn2cc([N+](=O)[O-])cn2)CC1. The number of benzene rings is 1. The molecular formula is C17H21ClN6O3. The summed E-state index contributed by atoms with van der Waals surface area (Å²) in [4.78, 5) is 27.0. The van der Waals surface area contributed by atoms with Gasteiger partial charge in [0.25, 0.3) is 0 Å². The summed E-state index contributed by atoms with van der Waals surface area (Å²) in [6.45, 7) is 3.90. The van der Waals surface area contributed by atoms with Crippen LogP contribution in [0.5, 0.6) is 0 Å². The molecule has 0 aliphatic carbocycles. The maximum Gasteiger partial charge on any atom is 0.306 e. The van der Waals surface area contributed by atoms with E-state index in [0.717, 1.165) is 31.9 Å². The average molecular weight is 393 g/mol. The number of carbonyl (C=O) groups excluding carboxylic acids is 1. The van der Waals surface area contributed by atoms with Gasteiger partial charge in [-0.05, 0) is 25.2 Å². The Morgan fingerprint density at radius 2 is 2.07 bits per heavy atom. The van der Waals surface area contributed by atoms with Crippen LogP contribution in [0.4, 0.5) is 17.1 Å². The van der Waals surface area contributed by atoms with Crippen LogP contribution in [0.2, 0.25) is 5.02 Å². The number of aromatic nitrogens is 2. The van der Waals surface area contributed by atoms with Crippen LogP contribution in [0, 0.1) is 10.1 Å². The van der Waals surface area contributed by atoms with E-state index in [4.69, 9.17) is 11.6 Å². The molecule has 1 aromatic heterocycles. The minimum atomic E-state index is -0.516. The van der Waals surface area contributed by atoms with Crippen molar-refractivity contribution >= 4 is 34.6 Å². The number of likely N-dealkylation sites (N-methyl/N-ethyl adjacent to an activating group) is 1. The number of hydrogen-bond acceptors (Lipinski definition) is 6. The molecule has 0 atom stereocenters. The minimum Gasteiger partial charge on any atom is -0.367 e. The van der Waals surface area contributed by atoms with Crippen molar-refractivity contribution in [2.24, 2.45) is 0 Å². The molecule has 9 nitrogen and oxygen atoms in total. The van der Waals surface area contributed by atoms with Gasteiger partial charge in [-0.1, -0.05) is 11.6 Å². The van der Waals surface area contributed by atoms with Crippen molar-refractivity contribution in [1.82, 2.24) is 14.7 Å². The van der Waals surface area contributed by atoms with E-state index in [9.17, 15) is 14.9 Å². The molecule has 0 saturated carbocycles. The molecule has 27 heavy (non-hydrogen) atoms. The predicted molar refractivity (Wildman–Crippen MR) is 103 cm³/mol. The van der Waals surface area contributed by atoms with E-state index >= 15 is 0 Å². The molecule has 1 aliphatic heterocycles. The maximum absolute atomic E-state index is 12.4. The molecule has 0 spiro atoms. The summed E-state index contributed by atoms with van der Waals surface area (Å²) in [6.07, 6.45) is 2.62. The quantitative estimate of drug-likeness (QED) is 0.598. The lowest BCUT2D eigenvalue weighted by atomic mass is 10.2. The highest BCUT2D eigenvalue weighted by Crippen LogP contribution is 2.30. The first-order chi connectivity index (χ1) is 12.9. The fourth-order valence-corrected chi connectivity index (χ4v) is 3.10. The van der Waals surface area contributed by atoms with Gasteiger partial charge in [0.1, 0.15) is 12.4 Å². The van der Waals surface area contributed by atoms with Crippen LogP contribution >= 0.6 is 11.6 Å². The lowest BCUT2D eigenvalue weighted by Gasteiger charge is -2.35. The molecule has 0 unspecified atom stereocenters. The van der Waals surface area contributed by atoms with E-state index in [1.165, 1.54) is 17.1 Å². The first-order valence-corrected chi connectivity index (χ1v) is 9.00. The van der Waals surface area contributed by atoms with Gasteiger partial charge in [0.05, 0.1) is 16.3 Å². The largest absolute Gasteiger partial charge is 0.367 e. The molecule has 2 aromatic rings. The first-order valence-electron chi connectivity index (χ1n) is 8.62. The number of rotatable bonds is 6. The van der Waals surface area contributed by atoms with Crippen molar-refractivity contribution in [2.75, 3.05) is 43.4 Å². The maximum atomic E-state index is 12.4. The number of anilines is 2. The fraction of sp³-hybridized carbons (Fsp3) is 0.412. The van der Waals surface area contributed by atoms with Crippen LogP contribution in [0.25, 0.3) is 0 Å². The number of piperazine rings is 1. The lowest BCUT2D eigenvalue weighted by Crippen LogP contribution is -2.44. The number of nitrogens with one attached hydrogen (secondary N) is 1. The molecule has 1 fully saturated rings. The van der Waals surface area contributed by atoms with Gasteiger partial charge < -0.3 is 15.1 Å². The van der Waals surface area contributed by atoms with E-state index in [0.29, 0.717) is 10.7 Å². The summed E-state index contributed by atoms with van der Waals surface area (Å²) < 4.78 is 1.39. The number of hydrogen-bond donors (Lipinski definition) is 1. The summed E-state index contributed by atoms with van der Waals surface area (Å²) in [7, 11) is 2.08. The van der Waals surface area contributed by atoms with Gasteiger partial charge in [-0.2, -0.15) is 5.10 Å². The van der Waals surface area contributed by atoms with Gasteiger partial charge in [-0.25, -0.2) is 0 Å². The summed E-state index contributed by atoms with van der Waals surface area (Å²) in [5, 5.41) is 18.0. The summed E-state index contributed by atoms with van der Waals surface area (Å²) in [6, 6.07) is 5.47. The van der Waals surface area contributed by atoms with Crippen molar-refractivity contribution in [2.45, 2.75) is 13.0 Å². The Balaban J connectivity index is 1.64. The zero-order chi connectivity index (χ0) is 19.4. The van der Waals surface area contributed by atoms with Gasteiger partial charge in [-0.15, -0.1) is 0 Å². The zero-order valence-corrected chi connectivity index (χ0v) is 15.7. The molecular weight excluding hydrogens is 372 g/mol. The Labute approximate surface area is 161 Å². The van der Waals surface area contributed by atoms with E-state index in [2.05, 4.69) is 27.3 Å². The van der Waals surface area contributed by atoms with Crippen LogP contribution in [-0.2, 0) is 11.3 Å². The van der Waals surface area contributed by atoms with Crippen molar-refractivity contribution in [3.8, 4) is 0 Å². The molecule has 2 heterocycles. The number of carbonyl (C=O) groups is 1. The molecule has 1 aliphatic rings. The zero-order valence-electron chi connectivity index (χ0n) is 15.0. The van der Waals surface area contributed by atoms with Crippen LogP contribution in [0.3, 0.4) is 0 Å². The molecule has 1 amide bonds. The molecule has 1 aromatic carbocycles. The number of nitro groups is 1. The molecule has 10 heteroatoms. The average Bonchev–Trinajstić information content (AvgIpc) is 3.11. The van der Waals surface area contributed by atoms with E-state index in [1.807, 2.05) is 12.1 Å². The van der Waals surface area contributed by atoms with Crippen LogP contribution in [0.1, 0.15) is 6.42 Å². The van der Waals surface area contributed by atoms with Gasteiger partial charge in [0.15, 0.2) is 0 Å². The second-order valence-electron chi connectivity index (χ2n) is 6.47. The molecule has 1 N–H and O–H groups in total. The Morgan fingerprint density at radius 3 is 2.74 bits per heavy atom. The monoisotopic (exact) mass is 392 g/mol. The molecule has 1 saturated heterocycles. The van der Waals surface area contributed by atoms with Crippen LogP contribution in [-0.4, -0.2) is 58.7 Å². The van der Waals surface area contributed by atoms with Crippen LogP contribution < -0.4 is 10.2 Å². The Morgan fingerprint density at radius 1 is 1.33 bits per heavy atom. The van der Waals surface area contributed by atoms with Crippen LogP contribution in [0.15, 0.2) is 30.6 Å². The van der Waals surface area contributed by atoms with E-state index in [-0.39, 0.29) is 24.6 Å². The van der Waals surface area contributed by atoms with Gasteiger partial charge >= 0.3 is 5.69 Å². The lowest BCUT2D eigenvalue weighted by molar-refractivity contribution is -0.385. The smallest absolute Gasteiger partial charge is 0.306 e. The van der Waals surface area contributed by atoms with E-state index in [1.54, 1.807) is 6.07 Å². The highest BCUT2D eigenvalue weighted by atomic mass is 35.5. The topological polar surface area (TPSA) is 96.5 Å².